The predicted octanol–water partition coefficient (Wildman–Crippen LogP) is 1.64. The second-order valence-electron chi connectivity index (χ2n) is 2.48. The second kappa shape index (κ2) is 3.51. The van der Waals surface area contributed by atoms with E-state index >= 15 is 0 Å². The summed E-state index contributed by atoms with van der Waals surface area (Å²) in [6, 6.07) is 3.50. The summed E-state index contributed by atoms with van der Waals surface area (Å²) in [6.07, 6.45) is 2.01. The molecule has 0 bridgehead atoms. The average Bonchev–Trinajstić information content (AvgIpc) is 2.49. The second-order valence-corrected chi connectivity index (χ2v) is 3.73. The topological polar surface area (TPSA) is 43.1 Å². The maximum absolute atomic E-state index is 5.75. The zero-order valence-corrected chi connectivity index (χ0v) is 8.51. The van der Waals surface area contributed by atoms with E-state index in [0.717, 1.165) is 17.2 Å². The molecule has 0 saturated carbocycles. The Morgan fingerprint density at radius 3 is 3.08 bits per heavy atom. The molecule has 4 nitrogen and oxygen atoms in total. The predicted molar refractivity (Wildman–Crippen MR) is 53.0 cm³/mol. The molecule has 2 heterocycles. The molecular weight excluding hydrogens is 208 g/mol. The minimum absolute atomic E-state index is 0.453. The Bertz CT molecular complexity index is 427. The van der Waals surface area contributed by atoms with Gasteiger partial charge in [-0.25, -0.2) is 0 Å². The van der Waals surface area contributed by atoms with Gasteiger partial charge in [-0.1, -0.05) is 11.6 Å². The third-order valence-corrected chi connectivity index (χ3v) is 2.32. The van der Waals surface area contributed by atoms with Gasteiger partial charge in [-0.15, -0.1) is 10.2 Å². The summed E-state index contributed by atoms with van der Waals surface area (Å²) in [5.41, 5.74) is 0.730. The van der Waals surface area contributed by atoms with Crippen LogP contribution in [0.3, 0.4) is 0 Å². The van der Waals surface area contributed by atoms with Crippen molar-refractivity contribution in [2.75, 3.05) is 6.26 Å². The van der Waals surface area contributed by atoms with Crippen molar-refractivity contribution in [3.05, 3.63) is 23.1 Å². The molecule has 0 aliphatic carbocycles. The van der Waals surface area contributed by atoms with E-state index in [-0.39, 0.29) is 0 Å². The molecule has 0 unspecified atom stereocenters. The number of halogens is 1. The zero-order valence-electron chi connectivity index (χ0n) is 6.94. The SMILES string of the molecule is CSCc1nnc2ccc(Cl)nn12. The van der Waals surface area contributed by atoms with Crippen LogP contribution in [0, 0.1) is 0 Å². The molecule has 68 valence electrons. The minimum atomic E-state index is 0.453. The molecule has 0 aromatic carbocycles. The molecule has 2 rings (SSSR count). The summed E-state index contributed by atoms with van der Waals surface area (Å²) in [5.74, 6) is 1.61. The highest BCUT2D eigenvalue weighted by atomic mass is 35.5. The first-order chi connectivity index (χ1) is 6.31. The lowest BCUT2D eigenvalue weighted by atomic mass is 10.5. The maximum Gasteiger partial charge on any atom is 0.178 e. The van der Waals surface area contributed by atoms with Crippen molar-refractivity contribution < 1.29 is 0 Å². The Labute approximate surface area is 84.3 Å². The Balaban J connectivity index is 2.58. The normalized spacial score (nSPS) is 10.9. The van der Waals surface area contributed by atoms with Crippen LogP contribution in [-0.4, -0.2) is 26.1 Å². The van der Waals surface area contributed by atoms with E-state index < -0.39 is 0 Å². The first-order valence-electron chi connectivity index (χ1n) is 3.67. The van der Waals surface area contributed by atoms with Gasteiger partial charge in [0.15, 0.2) is 11.5 Å². The van der Waals surface area contributed by atoms with Crippen LogP contribution in [0.25, 0.3) is 5.65 Å². The minimum Gasteiger partial charge on any atom is -0.195 e. The Morgan fingerprint density at radius 2 is 2.31 bits per heavy atom. The lowest BCUT2D eigenvalue weighted by Gasteiger charge is -1.95. The van der Waals surface area contributed by atoms with Gasteiger partial charge in [-0.3, -0.25) is 0 Å². The Morgan fingerprint density at radius 1 is 1.46 bits per heavy atom. The first-order valence-corrected chi connectivity index (χ1v) is 5.44. The van der Waals surface area contributed by atoms with Gasteiger partial charge >= 0.3 is 0 Å². The van der Waals surface area contributed by atoms with Crippen LogP contribution in [0.15, 0.2) is 12.1 Å². The highest BCUT2D eigenvalue weighted by Crippen LogP contribution is 2.10. The molecule has 0 fully saturated rings. The number of thioether (sulfide) groups is 1. The summed E-state index contributed by atoms with van der Waals surface area (Å²) in [6.45, 7) is 0. The highest BCUT2D eigenvalue weighted by molar-refractivity contribution is 7.97. The fourth-order valence-electron chi connectivity index (χ4n) is 1.03. The van der Waals surface area contributed by atoms with Gasteiger partial charge in [0.1, 0.15) is 5.15 Å². The Hall–Kier alpha value is -0.810. The largest absolute Gasteiger partial charge is 0.195 e. The van der Waals surface area contributed by atoms with E-state index in [4.69, 9.17) is 11.6 Å². The van der Waals surface area contributed by atoms with E-state index in [2.05, 4.69) is 15.3 Å². The third kappa shape index (κ3) is 1.62. The lowest BCUT2D eigenvalue weighted by Crippen LogP contribution is -1.96. The standard InChI is InChI=1S/C7H7ClN4S/c1-13-4-7-10-9-6-3-2-5(8)11-12(6)7/h2-3H,4H2,1H3. The van der Waals surface area contributed by atoms with Crippen molar-refractivity contribution in [3.63, 3.8) is 0 Å². The number of hydrogen-bond acceptors (Lipinski definition) is 4. The molecule has 0 spiro atoms. The smallest absolute Gasteiger partial charge is 0.178 e. The van der Waals surface area contributed by atoms with Gasteiger partial charge in [-0.05, 0) is 18.4 Å². The molecular formula is C7H7ClN4S. The number of rotatable bonds is 2. The first kappa shape index (κ1) is 8.77. The van der Waals surface area contributed by atoms with Crippen molar-refractivity contribution in [1.82, 2.24) is 19.8 Å². The van der Waals surface area contributed by atoms with Crippen molar-refractivity contribution in [1.29, 1.82) is 0 Å². The van der Waals surface area contributed by atoms with Crippen LogP contribution in [0.2, 0.25) is 5.15 Å². The van der Waals surface area contributed by atoms with Crippen LogP contribution in [0.4, 0.5) is 0 Å². The number of nitrogens with zero attached hydrogens (tertiary/aromatic N) is 4. The van der Waals surface area contributed by atoms with E-state index in [1.165, 1.54) is 0 Å². The van der Waals surface area contributed by atoms with Gasteiger partial charge in [0.25, 0.3) is 0 Å². The molecule has 13 heavy (non-hydrogen) atoms. The van der Waals surface area contributed by atoms with Crippen LogP contribution in [-0.2, 0) is 5.75 Å². The number of aromatic nitrogens is 4. The van der Waals surface area contributed by atoms with Gasteiger partial charge in [0.05, 0.1) is 5.75 Å². The summed E-state index contributed by atoms with van der Waals surface area (Å²) in [7, 11) is 0. The number of hydrogen-bond donors (Lipinski definition) is 0. The molecule has 0 N–H and O–H groups in total. The lowest BCUT2D eigenvalue weighted by molar-refractivity contribution is 0.867. The fourth-order valence-corrected chi connectivity index (χ4v) is 1.61. The van der Waals surface area contributed by atoms with Crippen molar-refractivity contribution in [2.24, 2.45) is 0 Å². The van der Waals surface area contributed by atoms with Crippen LogP contribution < -0.4 is 0 Å². The van der Waals surface area contributed by atoms with Gasteiger partial charge in [0.2, 0.25) is 0 Å². The monoisotopic (exact) mass is 214 g/mol. The average molecular weight is 215 g/mol. The summed E-state index contributed by atoms with van der Waals surface area (Å²) < 4.78 is 1.67. The van der Waals surface area contributed by atoms with Crippen molar-refractivity contribution >= 4 is 29.0 Å². The van der Waals surface area contributed by atoms with Crippen molar-refractivity contribution in [3.8, 4) is 0 Å². The van der Waals surface area contributed by atoms with E-state index in [1.807, 2.05) is 6.26 Å². The third-order valence-electron chi connectivity index (χ3n) is 1.57. The van der Waals surface area contributed by atoms with Crippen LogP contribution in [0.5, 0.6) is 0 Å². The highest BCUT2D eigenvalue weighted by Gasteiger charge is 2.05. The van der Waals surface area contributed by atoms with Gasteiger partial charge < -0.3 is 0 Å². The molecule has 0 atom stereocenters. The molecule has 6 heteroatoms. The van der Waals surface area contributed by atoms with E-state index in [1.54, 1.807) is 28.4 Å². The van der Waals surface area contributed by atoms with Crippen molar-refractivity contribution in [2.45, 2.75) is 5.75 Å². The maximum atomic E-state index is 5.75. The van der Waals surface area contributed by atoms with Crippen LogP contribution >= 0.6 is 23.4 Å². The summed E-state index contributed by atoms with van der Waals surface area (Å²) in [4.78, 5) is 0. The number of fused-ring (bicyclic) bond motifs is 1. The molecule has 0 aliphatic heterocycles. The summed E-state index contributed by atoms with van der Waals surface area (Å²) in [5, 5.41) is 12.5. The molecule has 0 saturated heterocycles. The zero-order chi connectivity index (χ0) is 9.26. The molecule has 0 aliphatic rings. The van der Waals surface area contributed by atoms with Gasteiger partial charge in [-0.2, -0.15) is 21.4 Å². The summed E-state index contributed by atoms with van der Waals surface area (Å²) >= 11 is 7.43. The van der Waals surface area contributed by atoms with E-state index in [9.17, 15) is 0 Å². The Kier molecular flexibility index (Phi) is 2.37. The van der Waals surface area contributed by atoms with E-state index in [0.29, 0.717) is 5.15 Å². The molecule has 2 aromatic rings. The molecule has 0 radical (unpaired) electrons. The van der Waals surface area contributed by atoms with Gasteiger partial charge in [0, 0.05) is 0 Å². The van der Waals surface area contributed by atoms with Crippen LogP contribution in [0.1, 0.15) is 5.82 Å². The quantitative estimate of drug-likeness (QED) is 0.763. The fraction of sp³-hybridized carbons (Fsp3) is 0.286. The molecule has 0 amide bonds. The molecule has 2 aromatic heterocycles.